The molecule has 0 fully saturated rings. The van der Waals surface area contributed by atoms with Gasteiger partial charge in [0, 0.05) is 17.2 Å². The van der Waals surface area contributed by atoms with Gasteiger partial charge in [-0.3, -0.25) is 0 Å². The highest BCUT2D eigenvalue weighted by Gasteiger charge is 2.23. The van der Waals surface area contributed by atoms with Gasteiger partial charge in [-0.05, 0) is 39.4 Å². The molecule has 1 unspecified atom stereocenters. The Balaban J connectivity index is 2.56. The fourth-order valence-corrected chi connectivity index (χ4v) is 2.43. The first-order valence-corrected chi connectivity index (χ1v) is 6.14. The molecule has 0 aliphatic carbocycles. The molecule has 0 aliphatic heterocycles. The molecular weight excluding hydrogens is 248 g/mol. The van der Waals surface area contributed by atoms with Crippen LogP contribution in [0.4, 0.5) is 8.78 Å². The molecule has 0 saturated carbocycles. The van der Waals surface area contributed by atoms with E-state index in [2.05, 4.69) is 5.32 Å². The predicted molar refractivity (Wildman–Crippen MR) is 70.2 cm³/mol. The molecule has 0 aliphatic rings. The van der Waals surface area contributed by atoms with E-state index < -0.39 is 11.6 Å². The number of hydrogen-bond donors (Lipinski definition) is 1. The molecule has 1 aromatic carbocycles. The number of rotatable bonds is 3. The Morgan fingerprint density at radius 3 is 2.26 bits per heavy atom. The summed E-state index contributed by atoms with van der Waals surface area (Å²) in [5.74, 6) is 0.429. The second kappa shape index (κ2) is 5.13. The standard InChI is InChI=1S/C15H17F2NO/c1-8-9(2)19-10(3)14(8)15(18-4)12-6-5-11(16)7-13(12)17/h5-7,15,18H,1-4H3. The Hall–Kier alpha value is -1.68. The van der Waals surface area contributed by atoms with Crippen molar-refractivity contribution >= 4 is 0 Å². The molecule has 1 aromatic heterocycles. The largest absolute Gasteiger partial charge is 0.466 e. The van der Waals surface area contributed by atoms with Crippen molar-refractivity contribution in [2.45, 2.75) is 26.8 Å². The van der Waals surface area contributed by atoms with Gasteiger partial charge in [-0.2, -0.15) is 0 Å². The predicted octanol–water partition coefficient (Wildman–Crippen LogP) is 3.79. The normalized spacial score (nSPS) is 12.7. The van der Waals surface area contributed by atoms with Crippen molar-refractivity contribution in [1.29, 1.82) is 0 Å². The molecule has 0 saturated heterocycles. The molecule has 102 valence electrons. The monoisotopic (exact) mass is 265 g/mol. The van der Waals surface area contributed by atoms with Crippen molar-refractivity contribution in [1.82, 2.24) is 5.32 Å². The lowest BCUT2D eigenvalue weighted by molar-refractivity contribution is 0.493. The van der Waals surface area contributed by atoms with E-state index in [1.165, 1.54) is 12.1 Å². The summed E-state index contributed by atoms with van der Waals surface area (Å²) in [6, 6.07) is 3.28. The topological polar surface area (TPSA) is 25.2 Å². The highest BCUT2D eigenvalue weighted by molar-refractivity contribution is 5.41. The van der Waals surface area contributed by atoms with Crippen LogP contribution in [0.15, 0.2) is 22.6 Å². The number of nitrogens with one attached hydrogen (secondary N) is 1. The Labute approximate surface area is 111 Å². The minimum absolute atomic E-state index is 0.349. The zero-order valence-corrected chi connectivity index (χ0v) is 11.5. The lowest BCUT2D eigenvalue weighted by atomic mass is 9.95. The van der Waals surface area contributed by atoms with Crippen molar-refractivity contribution in [3.63, 3.8) is 0 Å². The van der Waals surface area contributed by atoms with E-state index in [4.69, 9.17) is 4.42 Å². The second-order valence-corrected chi connectivity index (χ2v) is 4.64. The molecule has 1 N–H and O–H groups in total. The van der Waals surface area contributed by atoms with E-state index >= 15 is 0 Å². The van der Waals surface area contributed by atoms with Gasteiger partial charge < -0.3 is 9.73 Å². The zero-order valence-electron chi connectivity index (χ0n) is 11.5. The van der Waals surface area contributed by atoms with Gasteiger partial charge in [0.25, 0.3) is 0 Å². The van der Waals surface area contributed by atoms with Gasteiger partial charge in [0.05, 0.1) is 6.04 Å². The molecular formula is C15H17F2NO. The first-order chi connectivity index (χ1) is 8.95. The van der Waals surface area contributed by atoms with Crippen LogP contribution in [-0.2, 0) is 0 Å². The van der Waals surface area contributed by atoms with Gasteiger partial charge in [0.2, 0.25) is 0 Å². The summed E-state index contributed by atoms with van der Waals surface area (Å²) >= 11 is 0. The van der Waals surface area contributed by atoms with Crippen molar-refractivity contribution in [3.05, 3.63) is 58.0 Å². The van der Waals surface area contributed by atoms with E-state index in [9.17, 15) is 8.78 Å². The van der Waals surface area contributed by atoms with Crippen LogP contribution in [0.1, 0.15) is 34.3 Å². The zero-order chi connectivity index (χ0) is 14.2. The van der Waals surface area contributed by atoms with Crippen LogP contribution in [0.25, 0.3) is 0 Å². The molecule has 2 nitrogen and oxygen atoms in total. The van der Waals surface area contributed by atoms with Crippen molar-refractivity contribution in [2.24, 2.45) is 0 Å². The molecule has 0 bridgehead atoms. The van der Waals surface area contributed by atoms with Gasteiger partial charge in [-0.1, -0.05) is 6.07 Å². The third-order valence-corrected chi connectivity index (χ3v) is 3.47. The Bertz CT molecular complexity index is 604. The van der Waals surface area contributed by atoms with Crippen molar-refractivity contribution in [3.8, 4) is 0 Å². The molecule has 2 aromatic rings. The fraction of sp³-hybridized carbons (Fsp3) is 0.333. The number of aryl methyl sites for hydroxylation is 2. The molecule has 4 heteroatoms. The molecule has 19 heavy (non-hydrogen) atoms. The van der Waals surface area contributed by atoms with Crippen LogP contribution in [0, 0.1) is 32.4 Å². The van der Waals surface area contributed by atoms with Crippen LogP contribution >= 0.6 is 0 Å². The van der Waals surface area contributed by atoms with Gasteiger partial charge in [0.1, 0.15) is 23.2 Å². The lowest BCUT2D eigenvalue weighted by Crippen LogP contribution is -2.20. The summed E-state index contributed by atoms with van der Waals surface area (Å²) in [4.78, 5) is 0. The Morgan fingerprint density at radius 1 is 1.11 bits per heavy atom. The summed E-state index contributed by atoms with van der Waals surface area (Å²) in [5, 5.41) is 3.07. The van der Waals surface area contributed by atoms with E-state index in [-0.39, 0.29) is 6.04 Å². The third kappa shape index (κ3) is 2.40. The summed E-state index contributed by atoms with van der Waals surface area (Å²) in [6.07, 6.45) is 0. The van der Waals surface area contributed by atoms with Crippen LogP contribution in [0.2, 0.25) is 0 Å². The SMILES string of the molecule is CNC(c1ccc(F)cc1F)c1c(C)oc(C)c1C. The van der Waals surface area contributed by atoms with Crippen LogP contribution in [-0.4, -0.2) is 7.05 Å². The van der Waals surface area contributed by atoms with E-state index in [0.717, 1.165) is 28.7 Å². The number of furan rings is 1. The average Bonchev–Trinajstić information content (AvgIpc) is 2.59. The molecule has 0 amide bonds. The Kier molecular flexibility index (Phi) is 3.71. The van der Waals surface area contributed by atoms with Gasteiger partial charge in [-0.25, -0.2) is 8.78 Å². The molecule has 0 radical (unpaired) electrons. The summed E-state index contributed by atoms with van der Waals surface area (Å²) in [7, 11) is 1.74. The Morgan fingerprint density at radius 2 is 1.79 bits per heavy atom. The summed E-state index contributed by atoms with van der Waals surface area (Å²) < 4.78 is 32.5. The first kappa shape index (κ1) is 13.7. The average molecular weight is 265 g/mol. The number of halogens is 2. The van der Waals surface area contributed by atoms with Crippen LogP contribution in [0.3, 0.4) is 0 Å². The molecule has 0 spiro atoms. The van der Waals surface area contributed by atoms with E-state index in [1.54, 1.807) is 7.05 Å². The van der Waals surface area contributed by atoms with Crippen LogP contribution in [0.5, 0.6) is 0 Å². The van der Waals surface area contributed by atoms with Gasteiger partial charge in [-0.15, -0.1) is 0 Å². The molecule has 1 atom stereocenters. The third-order valence-electron chi connectivity index (χ3n) is 3.47. The maximum absolute atomic E-state index is 13.9. The number of hydrogen-bond acceptors (Lipinski definition) is 2. The fourth-order valence-electron chi connectivity index (χ4n) is 2.43. The van der Waals surface area contributed by atoms with Crippen LogP contribution < -0.4 is 5.32 Å². The highest BCUT2D eigenvalue weighted by atomic mass is 19.1. The minimum atomic E-state index is -0.576. The van der Waals surface area contributed by atoms with Crippen molar-refractivity contribution in [2.75, 3.05) is 7.05 Å². The lowest BCUT2D eigenvalue weighted by Gasteiger charge is -2.18. The summed E-state index contributed by atoms with van der Waals surface area (Å²) in [6.45, 7) is 5.66. The molecule has 2 rings (SSSR count). The quantitative estimate of drug-likeness (QED) is 0.913. The van der Waals surface area contributed by atoms with Crippen molar-refractivity contribution < 1.29 is 13.2 Å². The smallest absolute Gasteiger partial charge is 0.131 e. The number of benzene rings is 1. The highest BCUT2D eigenvalue weighted by Crippen LogP contribution is 2.32. The van der Waals surface area contributed by atoms with Gasteiger partial charge in [0.15, 0.2) is 0 Å². The van der Waals surface area contributed by atoms with E-state index in [0.29, 0.717) is 5.56 Å². The summed E-state index contributed by atoms with van der Waals surface area (Å²) in [5.41, 5.74) is 2.31. The first-order valence-electron chi connectivity index (χ1n) is 6.14. The maximum Gasteiger partial charge on any atom is 0.131 e. The molecule has 1 heterocycles. The maximum atomic E-state index is 13.9. The van der Waals surface area contributed by atoms with E-state index in [1.807, 2.05) is 20.8 Å². The second-order valence-electron chi connectivity index (χ2n) is 4.64. The minimum Gasteiger partial charge on any atom is -0.466 e. The van der Waals surface area contributed by atoms with Gasteiger partial charge >= 0.3 is 0 Å².